The molecule has 3 N–H and O–H groups in total. The van der Waals surface area contributed by atoms with E-state index in [2.05, 4.69) is 22.4 Å². The smallest absolute Gasteiger partial charge is 0.231 e. The van der Waals surface area contributed by atoms with Gasteiger partial charge < -0.3 is 15.6 Å². The number of rotatable bonds is 2. The molecule has 0 aromatic carbocycles. The minimum atomic E-state index is -0.155. The Morgan fingerprint density at radius 1 is 1.57 bits per heavy atom. The van der Waals surface area contributed by atoms with Gasteiger partial charge in [-0.1, -0.05) is 12.1 Å². The third kappa shape index (κ3) is 1.65. The second-order valence-corrected chi connectivity index (χ2v) is 4.02. The fourth-order valence-electron chi connectivity index (χ4n) is 1.72. The van der Waals surface area contributed by atoms with Crippen LogP contribution in [0.4, 0.5) is 0 Å². The van der Waals surface area contributed by atoms with Gasteiger partial charge in [0.05, 0.1) is 12.0 Å². The Balaban J connectivity index is 2.16. The van der Waals surface area contributed by atoms with Crippen molar-refractivity contribution in [2.24, 2.45) is 11.7 Å². The van der Waals surface area contributed by atoms with Gasteiger partial charge in [-0.15, -0.1) is 0 Å². The number of nitrogens with one attached hydrogen (secondary N) is 1. The van der Waals surface area contributed by atoms with Gasteiger partial charge in [-0.25, -0.2) is 0 Å². The van der Waals surface area contributed by atoms with Crippen LogP contribution in [0.2, 0.25) is 0 Å². The number of nitrogens with zero attached hydrogens (tertiary/aromatic N) is 2. The molecule has 0 amide bonds. The molecule has 2 heterocycles. The molecule has 1 aromatic heterocycles. The number of hydrogen-bond acceptors (Lipinski definition) is 5. The quantitative estimate of drug-likeness (QED) is 0.716. The summed E-state index contributed by atoms with van der Waals surface area (Å²) in [5.41, 5.74) is 5.66. The van der Waals surface area contributed by atoms with Gasteiger partial charge in [0.1, 0.15) is 0 Å². The summed E-state index contributed by atoms with van der Waals surface area (Å²) in [6.07, 6.45) is 0. The minimum Gasteiger partial charge on any atom is -0.339 e. The Kier molecular flexibility index (Phi) is 2.52. The first kappa shape index (κ1) is 9.61. The highest BCUT2D eigenvalue weighted by molar-refractivity contribution is 5.02. The van der Waals surface area contributed by atoms with Crippen molar-refractivity contribution in [3.8, 4) is 0 Å². The van der Waals surface area contributed by atoms with E-state index < -0.39 is 0 Å². The zero-order valence-electron chi connectivity index (χ0n) is 8.53. The first-order valence-corrected chi connectivity index (χ1v) is 4.98. The van der Waals surface area contributed by atoms with E-state index in [4.69, 9.17) is 10.3 Å². The van der Waals surface area contributed by atoms with E-state index in [0.29, 0.717) is 17.7 Å². The van der Waals surface area contributed by atoms with E-state index in [1.165, 1.54) is 0 Å². The Labute approximate surface area is 83.1 Å². The molecule has 1 aliphatic heterocycles. The lowest BCUT2D eigenvalue weighted by atomic mass is 9.98. The highest BCUT2D eigenvalue weighted by Crippen LogP contribution is 2.26. The first-order valence-electron chi connectivity index (χ1n) is 4.98. The summed E-state index contributed by atoms with van der Waals surface area (Å²) in [5, 5.41) is 7.16. The Morgan fingerprint density at radius 2 is 2.36 bits per heavy atom. The van der Waals surface area contributed by atoms with Crippen LogP contribution >= 0.6 is 0 Å². The van der Waals surface area contributed by atoms with E-state index in [1.807, 2.05) is 6.92 Å². The average Bonchev–Trinajstić information content (AvgIpc) is 2.71. The molecule has 1 aromatic rings. The van der Waals surface area contributed by atoms with Crippen LogP contribution in [0.5, 0.6) is 0 Å². The number of hydrogen-bond donors (Lipinski definition) is 2. The van der Waals surface area contributed by atoms with Crippen molar-refractivity contribution in [1.29, 1.82) is 0 Å². The summed E-state index contributed by atoms with van der Waals surface area (Å²) in [7, 11) is 0. The number of nitrogens with two attached hydrogens (primary N) is 1. The molecule has 1 fully saturated rings. The highest BCUT2D eigenvalue weighted by Gasteiger charge is 2.29. The third-order valence-electron chi connectivity index (χ3n) is 2.70. The van der Waals surface area contributed by atoms with Crippen molar-refractivity contribution >= 4 is 0 Å². The lowest BCUT2D eigenvalue weighted by molar-refractivity contribution is 0.335. The van der Waals surface area contributed by atoms with Gasteiger partial charge in [0.15, 0.2) is 5.82 Å². The van der Waals surface area contributed by atoms with E-state index in [0.717, 1.165) is 19.0 Å². The van der Waals surface area contributed by atoms with Crippen LogP contribution in [0, 0.1) is 5.92 Å². The molecule has 0 aliphatic carbocycles. The van der Waals surface area contributed by atoms with E-state index in [9.17, 15) is 0 Å². The van der Waals surface area contributed by atoms with E-state index in [-0.39, 0.29) is 6.04 Å². The maximum Gasteiger partial charge on any atom is 0.231 e. The molecule has 14 heavy (non-hydrogen) atoms. The second kappa shape index (κ2) is 3.67. The average molecular weight is 196 g/mol. The summed E-state index contributed by atoms with van der Waals surface area (Å²) in [4.78, 5) is 4.30. The number of aromatic nitrogens is 2. The molecule has 0 bridgehead atoms. The lowest BCUT2D eigenvalue weighted by Gasteiger charge is -2.07. The highest BCUT2D eigenvalue weighted by atomic mass is 16.5. The molecule has 3 atom stereocenters. The molecule has 78 valence electrons. The van der Waals surface area contributed by atoms with Crippen molar-refractivity contribution in [3.63, 3.8) is 0 Å². The van der Waals surface area contributed by atoms with Gasteiger partial charge in [0.2, 0.25) is 5.89 Å². The van der Waals surface area contributed by atoms with Crippen molar-refractivity contribution in [1.82, 2.24) is 15.5 Å². The normalized spacial score (nSPS) is 29.4. The Morgan fingerprint density at radius 3 is 2.86 bits per heavy atom. The fourth-order valence-corrected chi connectivity index (χ4v) is 1.72. The monoisotopic (exact) mass is 196 g/mol. The molecular formula is C9H16N4O. The fraction of sp³-hybridized carbons (Fsp3) is 0.778. The van der Waals surface area contributed by atoms with Crippen LogP contribution in [0.25, 0.3) is 0 Å². The lowest BCUT2D eigenvalue weighted by Crippen LogP contribution is -2.10. The Hall–Kier alpha value is -0.940. The summed E-state index contributed by atoms with van der Waals surface area (Å²) >= 11 is 0. The summed E-state index contributed by atoms with van der Waals surface area (Å²) < 4.78 is 5.20. The molecule has 0 saturated carbocycles. The minimum absolute atomic E-state index is 0.155. The van der Waals surface area contributed by atoms with Crippen molar-refractivity contribution in [2.45, 2.75) is 25.8 Å². The van der Waals surface area contributed by atoms with E-state index in [1.54, 1.807) is 0 Å². The van der Waals surface area contributed by atoms with Crippen molar-refractivity contribution in [2.75, 3.05) is 13.1 Å². The largest absolute Gasteiger partial charge is 0.339 e. The Bertz CT molecular complexity index is 310. The van der Waals surface area contributed by atoms with Crippen LogP contribution in [0.3, 0.4) is 0 Å². The molecule has 1 unspecified atom stereocenters. The van der Waals surface area contributed by atoms with Crippen LogP contribution < -0.4 is 11.1 Å². The third-order valence-corrected chi connectivity index (χ3v) is 2.70. The molecule has 0 radical (unpaired) electrons. The van der Waals surface area contributed by atoms with Crippen molar-refractivity contribution < 1.29 is 4.52 Å². The van der Waals surface area contributed by atoms with Gasteiger partial charge in [0.25, 0.3) is 0 Å². The van der Waals surface area contributed by atoms with E-state index >= 15 is 0 Å². The summed E-state index contributed by atoms with van der Waals surface area (Å²) in [6.45, 7) is 5.97. The van der Waals surface area contributed by atoms with Crippen LogP contribution in [-0.4, -0.2) is 23.2 Å². The molecule has 2 rings (SSSR count). The summed E-state index contributed by atoms with van der Waals surface area (Å²) in [5.74, 6) is 2.21. The molecule has 0 spiro atoms. The van der Waals surface area contributed by atoms with Gasteiger partial charge in [-0.05, 0) is 19.4 Å². The first-order chi connectivity index (χ1) is 6.68. The predicted octanol–water partition coefficient (Wildman–Crippen LogP) is 0.412. The van der Waals surface area contributed by atoms with Gasteiger partial charge in [0, 0.05) is 6.54 Å². The molecule has 1 saturated heterocycles. The molecule has 5 nitrogen and oxygen atoms in total. The summed E-state index contributed by atoms with van der Waals surface area (Å²) in [6, 6.07) is -0.155. The molecular weight excluding hydrogens is 180 g/mol. The topological polar surface area (TPSA) is 77.0 Å². The zero-order chi connectivity index (χ0) is 10.1. The maximum absolute atomic E-state index is 5.66. The predicted molar refractivity (Wildman–Crippen MR) is 51.7 cm³/mol. The SMILES string of the molecule is CC(N)c1noc([C@@H]2CNC[C@H]2C)n1. The molecule has 5 heteroatoms. The zero-order valence-corrected chi connectivity index (χ0v) is 8.53. The van der Waals surface area contributed by atoms with Gasteiger partial charge in [-0.2, -0.15) is 4.98 Å². The van der Waals surface area contributed by atoms with Gasteiger partial charge >= 0.3 is 0 Å². The standard InChI is InChI=1S/C9H16N4O/c1-5-3-11-4-7(5)9-12-8(6(2)10)13-14-9/h5-7,11H,3-4,10H2,1-2H3/t5-,6?,7-/m1/s1. The van der Waals surface area contributed by atoms with Crippen LogP contribution in [0.15, 0.2) is 4.52 Å². The van der Waals surface area contributed by atoms with Crippen LogP contribution in [-0.2, 0) is 0 Å². The van der Waals surface area contributed by atoms with Gasteiger partial charge in [-0.3, -0.25) is 0 Å². The second-order valence-electron chi connectivity index (χ2n) is 4.02. The van der Waals surface area contributed by atoms with Crippen LogP contribution in [0.1, 0.15) is 37.5 Å². The maximum atomic E-state index is 5.66. The van der Waals surface area contributed by atoms with Crippen molar-refractivity contribution in [3.05, 3.63) is 11.7 Å². The molecule has 1 aliphatic rings.